The topological polar surface area (TPSA) is 52.7 Å². The summed E-state index contributed by atoms with van der Waals surface area (Å²) in [6, 6.07) is 12.0. The third-order valence-corrected chi connectivity index (χ3v) is 4.70. The Morgan fingerprint density at radius 3 is 2.32 bits per heavy atom. The van der Waals surface area contributed by atoms with E-state index < -0.39 is 5.82 Å². The molecule has 2 aromatic rings. The maximum Gasteiger partial charge on any atom is 0.226 e. The number of carbonyl (C=O) groups is 2. The van der Waals surface area contributed by atoms with Crippen molar-refractivity contribution in [2.75, 3.05) is 34.8 Å². The van der Waals surface area contributed by atoms with E-state index in [0.29, 0.717) is 0 Å². The molecule has 28 heavy (non-hydrogen) atoms. The lowest BCUT2D eigenvalue weighted by molar-refractivity contribution is -0.117. The molecule has 2 aromatic carbocycles. The van der Waals surface area contributed by atoms with E-state index in [4.69, 9.17) is 0 Å². The van der Waals surface area contributed by atoms with E-state index in [-0.39, 0.29) is 30.5 Å². The maximum absolute atomic E-state index is 14.0. The molecule has 0 atom stereocenters. The van der Waals surface area contributed by atoms with E-state index >= 15 is 0 Å². The SMILES string of the molecule is CCN(CC)c1ccc(NC(=O)CCN(C(C)=O)c2ccccc2F)c(C)c1. The van der Waals surface area contributed by atoms with E-state index in [1.54, 1.807) is 12.1 Å². The lowest BCUT2D eigenvalue weighted by Gasteiger charge is -2.23. The number of hydrogen-bond donors (Lipinski definition) is 1. The molecule has 0 aliphatic carbocycles. The van der Waals surface area contributed by atoms with Gasteiger partial charge in [0.2, 0.25) is 11.8 Å². The molecule has 2 rings (SSSR count). The Kier molecular flexibility index (Phi) is 7.55. The zero-order valence-corrected chi connectivity index (χ0v) is 17.0. The van der Waals surface area contributed by atoms with Crippen LogP contribution in [-0.2, 0) is 9.59 Å². The summed E-state index contributed by atoms with van der Waals surface area (Å²) in [5.41, 5.74) is 3.00. The highest BCUT2D eigenvalue weighted by Crippen LogP contribution is 2.23. The Bertz CT molecular complexity index is 834. The van der Waals surface area contributed by atoms with Crippen LogP contribution >= 0.6 is 0 Å². The van der Waals surface area contributed by atoms with E-state index in [0.717, 1.165) is 30.0 Å². The molecule has 150 valence electrons. The van der Waals surface area contributed by atoms with Crippen LogP contribution in [-0.4, -0.2) is 31.4 Å². The number of amides is 2. The van der Waals surface area contributed by atoms with Gasteiger partial charge in [-0.05, 0) is 56.7 Å². The molecule has 0 saturated carbocycles. The quantitative estimate of drug-likeness (QED) is 0.734. The second kappa shape index (κ2) is 9.88. The summed E-state index contributed by atoms with van der Waals surface area (Å²) in [6.07, 6.45) is 0.0746. The van der Waals surface area contributed by atoms with Gasteiger partial charge in [-0.15, -0.1) is 0 Å². The summed E-state index contributed by atoms with van der Waals surface area (Å²) in [4.78, 5) is 27.8. The van der Waals surface area contributed by atoms with Crippen molar-refractivity contribution in [3.05, 3.63) is 53.8 Å². The third kappa shape index (κ3) is 5.31. The predicted molar refractivity (Wildman–Crippen MR) is 112 cm³/mol. The van der Waals surface area contributed by atoms with Gasteiger partial charge in [0.25, 0.3) is 0 Å². The zero-order chi connectivity index (χ0) is 20.7. The van der Waals surface area contributed by atoms with Crippen molar-refractivity contribution in [3.8, 4) is 0 Å². The van der Waals surface area contributed by atoms with Crippen molar-refractivity contribution in [2.24, 2.45) is 0 Å². The summed E-state index contributed by atoms with van der Waals surface area (Å²) >= 11 is 0. The summed E-state index contributed by atoms with van der Waals surface area (Å²) < 4.78 is 14.0. The molecule has 6 heteroatoms. The van der Waals surface area contributed by atoms with Gasteiger partial charge in [0.15, 0.2) is 0 Å². The van der Waals surface area contributed by atoms with Crippen LogP contribution in [0.3, 0.4) is 0 Å². The van der Waals surface area contributed by atoms with Gasteiger partial charge < -0.3 is 15.1 Å². The molecule has 0 heterocycles. The van der Waals surface area contributed by atoms with Crippen LogP contribution in [0.15, 0.2) is 42.5 Å². The summed E-state index contributed by atoms with van der Waals surface area (Å²) in [5, 5.41) is 2.88. The molecule has 0 unspecified atom stereocenters. The van der Waals surface area contributed by atoms with Crippen LogP contribution in [0, 0.1) is 12.7 Å². The first-order valence-electron chi connectivity index (χ1n) is 9.55. The van der Waals surface area contributed by atoms with Crippen molar-refractivity contribution in [1.82, 2.24) is 0 Å². The largest absolute Gasteiger partial charge is 0.372 e. The Balaban J connectivity index is 2.03. The number of carbonyl (C=O) groups excluding carboxylic acids is 2. The molecule has 0 saturated heterocycles. The fourth-order valence-corrected chi connectivity index (χ4v) is 3.12. The zero-order valence-electron chi connectivity index (χ0n) is 17.0. The first-order chi connectivity index (χ1) is 13.4. The number of hydrogen-bond acceptors (Lipinski definition) is 3. The molecular weight excluding hydrogens is 357 g/mol. The number of nitrogens with zero attached hydrogens (tertiary/aromatic N) is 2. The molecule has 0 aliphatic rings. The van der Waals surface area contributed by atoms with Crippen LogP contribution in [0.25, 0.3) is 0 Å². The Morgan fingerprint density at radius 2 is 1.75 bits per heavy atom. The second-order valence-corrected chi connectivity index (χ2v) is 6.59. The van der Waals surface area contributed by atoms with E-state index in [1.807, 2.05) is 25.1 Å². The molecule has 5 nitrogen and oxygen atoms in total. The highest BCUT2D eigenvalue weighted by Gasteiger charge is 2.17. The highest BCUT2D eigenvalue weighted by atomic mass is 19.1. The number of halogens is 1. The van der Waals surface area contributed by atoms with Gasteiger partial charge in [0.05, 0.1) is 5.69 Å². The number of nitrogens with one attached hydrogen (secondary N) is 1. The first kappa shape index (κ1) is 21.4. The molecule has 1 N–H and O–H groups in total. The highest BCUT2D eigenvalue weighted by molar-refractivity contribution is 5.95. The van der Waals surface area contributed by atoms with Gasteiger partial charge in [0, 0.05) is 44.4 Å². The average Bonchev–Trinajstić information content (AvgIpc) is 2.66. The maximum atomic E-state index is 14.0. The van der Waals surface area contributed by atoms with Gasteiger partial charge in [0.1, 0.15) is 5.82 Å². The molecule has 0 bridgehead atoms. The number of aryl methyl sites for hydroxylation is 1. The molecule has 0 spiro atoms. The van der Waals surface area contributed by atoms with Gasteiger partial charge in [-0.1, -0.05) is 12.1 Å². The van der Waals surface area contributed by atoms with Gasteiger partial charge in [-0.3, -0.25) is 9.59 Å². The first-order valence-corrected chi connectivity index (χ1v) is 9.55. The smallest absolute Gasteiger partial charge is 0.226 e. The number of benzene rings is 2. The van der Waals surface area contributed by atoms with E-state index in [9.17, 15) is 14.0 Å². The van der Waals surface area contributed by atoms with Crippen molar-refractivity contribution in [3.63, 3.8) is 0 Å². The monoisotopic (exact) mass is 385 g/mol. The molecule has 0 aliphatic heterocycles. The fraction of sp³-hybridized carbons (Fsp3) is 0.364. The second-order valence-electron chi connectivity index (χ2n) is 6.59. The summed E-state index contributed by atoms with van der Waals surface area (Å²) in [7, 11) is 0. The van der Waals surface area contributed by atoms with Crippen LogP contribution in [0.1, 0.15) is 32.8 Å². The lowest BCUT2D eigenvalue weighted by Crippen LogP contribution is -2.32. The van der Waals surface area contributed by atoms with Crippen molar-refractivity contribution in [1.29, 1.82) is 0 Å². The molecule has 0 aromatic heterocycles. The van der Waals surface area contributed by atoms with E-state index in [2.05, 4.69) is 24.1 Å². The Labute approximate surface area is 166 Å². The molecule has 2 amide bonds. The van der Waals surface area contributed by atoms with Gasteiger partial charge in [-0.25, -0.2) is 4.39 Å². The Hall–Kier alpha value is -2.89. The van der Waals surface area contributed by atoms with Crippen LogP contribution in [0.2, 0.25) is 0 Å². The summed E-state index contributed by atoms with van der Waals surface area (Å²) in [6.45, 7) is 9.45. The minimum atomic E-state index is -0.485. The molecular formula is C22H28FN3O2. The third-order valence-electron chi connectivity index (χ3n) is 4.70. The average molecular weight is 385 g/mol. The van der Waals surface area contributed by atoms with Gasteiger partial charge >= 0.3 is 0 Å². The van der Waals surface area contributed by atoms with Gasteiger partial charge in [-0.2, -0.15) is 0 Å². The van der Waals surface area contributed by atoms with E-state index in [1.165, 1.54) is 24.0 Å². The minimum Gasteiger partial charge on any atom is -0.372 e. The standard InChI is InChI=1S/C22H28FN3O2/c1-5-25(6-2)18-11-12-20(16(3)15-18)24-22(28)13-14-26(17(4)27)21-10-8-7-9-19(21)23/h7-12,15H,5-6,13-14H2,1-4H3,(H,24,28). The molecule has 0 radical (unpaired) electrons. The Morgan fingerprint density at radius 1 is 1.07 bits per heavy atom. The van der Waals surface area contributed by atoms with Crippen LogP contribution in [0.4, 0.5) is 21.5 Å². The van der Waals surface area contributed by atoms with Crippen molar-refractivity contribution >= 4 is 28.9 Å². The summed E-state index contributed by atoms with van der Waals surface area (Å²) in [5.74, 6) is -1.01. The normalized spacial score (nSPS) is 10.5. The number of para-hydroxylation sites is 1. The minimum absolute atomic E-state index is 0.0746. The van der Waals surface area contributed by atoms with Crippen LogP contribution < -0.4 is 15.1 Å². The predicted octanol–water partition coefficient (Wildman–Crippen LogP) is 4.36. The molecule has 0 fully saturated rings. The fourth-order valence-electron chi connectivity index (χ4n) is 3.12. The lowest BCUT2D eigenvalue weighted by atomic mass is 10.1. The van der Waals surface area contributed by atoms with Crippen molar-refractivity contribution < 1.29 is 14.0 Å². The van der Waals surface area contributed by atoms with Crippen molar-refractivity contribution in [2.45, 2.75) is 34.1 Å². The number of anilines is 3. The van der Waals surface area contributed by atoms with Crippen LogP contribution in [0.5, 0.6) is 0 Å². The number of rotatable bonds is 8.